The van der Waals surface area contributed by atoms with Crippen molar-refractivity contribution >= 4 is 11.5 Å². The summed E-state index contributed by atoms with van der Waals surface area (Å²) in [5, 5.41) is 10.7. The van der Waals surface area contributed by atoms with Gasteiger partial charge in [0.15, 0.2) is 0 Å². The molecule has 1 aliphatic carbocycles. The lowest BCUT2D eigenvalue weighted by Crippen LogP contribution is -2.36. The molecule has 3 heterocycles. The molecule has 1 unspecified atom stereocenters. The molecule has 0 radical (unpaired) electrons. The first-order valence-corrected chi connectivity index (χ1v) is 11.7. The van der Waals surface area contributed by atoms with Crippen LogP contribution in [0.25, 0.3) is 5.57 Å². The Bertz CT molecular complexity index is 1050. The minimum absolute atomic E-state index is 0.161. The van der Waals surface area contributed by atoms with Crippen molar-refractivity contribution in [2.45, 2.75) is 44.6 Å². The molecule has 6 nitrogen and oxygen atoms in total. The van der Waals surface area contributed by atoms with E-state index in [9.17, 15) is 14.4 Å². The van der Waals surface area contributed by atoms with Crippen LogP contribution in [0.4, 0.5) is 4.39 Å². The number of hydrogen-bond acceptors (Lipinski definition) is 5. The van der Waals surface area contributed by atoms with E-state index < -0.39 is 5.91 Å². The molecular formula is C26H29FN2O4. The summed E-state index contributed by atoms with van der Waals surface area (Å²) in [6.07, 6.45) is 9.14. The standard InChI is InChI=1S/C26H29FN2O4/c27-21-5-2-17(3-6-21)13-18-1-4-19-15-28-25-23(7-10-29(31)26(25)30)24(19)20(14-18)16-33-22-8-11-32-12-9-22/h2-3,5-6,14-15,18,22,31H,1,4,7-13,16H2. The number of aromatic nitrogens is 1. The lowest BCUT2D eigenvalue weighted by Gasteiger charge is -2.27. The molecule has 3 aliphatic rings. The third kappa shape index (κ3) is 4.86. The van der Waals surface area contributed by atoms with E-state index in [1.165, 1.54) is 12.1 Å². The molecule has 2 aromatic rings. The number of ether oxygens (including phenoxy) is 2. The van der Waals surface area contributed by atoms with E-state index in [1.54, 1.807) is 6.20 Å². The Morgan fingerprint density at radius 3 is 2.73 bits per heavy atom. The Balaban J connectivity index is 1.48. The first-order chi connectivity index (χ1) is 16.1. The summed E-state index contributed by atoms with van der Waals surface area (Å²) in [7, 11) is 0. The zero-order chi connectivity index (χ0) is 22.8. The molecule has 1 aromatic heterocycles. The average Bonchev–Trinajstić information content (AvgIpc) is 3.01. The number of aryl methyl sites for hydroxylation is 1. The van der Waals surface area contributed by atoms with Crippen LogP contribution in [0.3, 0.4) is 0 Å². The lowest BCUT2D eigenvalue weighted by atomic mass is 9.90. The largest absolute Gasteiger partial charge is 0.381 e. The first kappa shape index (κ1) is 22.2. The highest BCUT2D eigenvalue weighted by molar-refractivity contribution is 5.96. The van der Waals surface area contributed by atoms with E-state index in [4.69, 9.17) is 9.47 Å². The number of hydroxylamine groups is 2. The fraction of sp³-hybridized carbons (Fsp3) is 0.462. The number of pyridine rings is 1. The van der Waals surface area contributed by atoms with E-state index >= 15 is 0 Å². The van der Waals surface area contributed by atoms with Crippen LogP contribution in [-0.4, -0.2) is 53.6 Å². The molecule has 1 saturated heterocycles. The molecule has 1 N–H and O–H groups in total. The van der Waals surface area contributed by atoms with Crippen molar-refractivity contribution in [3.63, 3.8) is 0 Å². The monoisotopic (exact) mass is 452 g/mol. The molecule has 1 aromatic carbocycles. The fourth-order valence-electron chi connectivity index (χ4n) is 5.10. The van der Waals surface area contributed by atoms with Crippen molar-refractivity contribution in [3.05, 3.63) is 70.3 Å². The molecule has 0 saturated carbocycles. The zero-order valence-electron chi connectivity index (χ0n) is 18.6. The van der Waals surface area contributed by atoms with Gasteiger partial charge in [-0.2, -0.15) is 0 Å². The maximum Gasteiger partial charge on any atom is 0.296 e. The summed E-state index contributed by atoms with van der Waals surface area (Å²) in [4.78, 5) is 17.0. The molecule has 33 heavy (non-hydrogen) atoms. The second-order valence-electron chi connectivity index (χ2n) is 9.11. The highest BCUT2D eigenvalue weighted by Gasteiger charge is 2.31. The van der Waals surface area contributed by atoms with Crippen LogP contribution in [0.2, 0.25) is 0 Å². The van der Waals surface area contributed by atoms with Gasteiger partial charge in [-0.3, -0.25) is 15.0 Å². The van der Waals surface area contributed by atoms with Gasteiger partial charge in [0.1, 0.15) is 11.5 Å². The normalized spacial score (nSPS) is 21.3. The van der Waals surface area contributed by atoms with Crippen LogP contribution in [0.1, 0.15) is 52.0 Å². The Labute approximate surface area is 193 Å². The van der Waals surface area contributed by atoms with Gasteiger partial charge in [-0.15, -0.1) is 0 Å². The lowest BCUT2D eigenvalue weighted by molar-refractivity contribution is -0.0607. The van der Waals surface area contributed by atoms with Crippen LogP contribution in [0.5, 0.6) is 0 Å². The molecular weight excluding hydrogens is 423 g/mol. The zero-order valence-corrected chi connectivity index (χ0v) is 18.6. The number of benzene rings is 1. The number of allylic oxidation sites excluding steroid dienone is 1. The van der Waals surface area contributed by atoms with E-state index in [1.807, 2.05) is 12.1 Å². The molecule has 5 rings (SSSR count). The van der Waals surface area contributed by atoms with Crippen molar-refractivity contribution in [1.29, 1.82) is 0 Å². The summed E-state index contributed by atoms with van der Waals surface area (Å²) in [5.41, 5.74) is 5.61. The van der Waals surface area contributed by atoms with E-state index in [0.717, 1.165) is 65.0 Å². The number of halogens is 1. The average molecular weight is 453 g/mol. The molecule has 1 fully saturated rings. The second kappa shape index (κ2) is 9.71. The number of carbonyl (C=O) groups excluding carboxylic acids is 1. The van der Waals surface area contributed by atoms with Gasteiger partial charge in [0.25, 0.3) is 5.91 Å². The first-order valence-electron chi connectivity index (χ1n) is 11.7. The summed E-state index contributed by atoms with van der Waals surface area (Å²) in [6.45, 7) is 2.16. The van der Waals surface area contributed by atoms with Crippen molar-refractivity contribution in [3.8, 4) is 0 Å². The quantitative estimate of drug-likeness (QED) is 0.695. The van der Waals surface area contributed by atoms with Gasteiger partial charge in [-0.25, -0.2) is 9.45 Å². The summed E-state index contributed by atoms with van der Waals surface area (Å²) in [6, 6.07) is 6.70. The summed E-state index contributed by atoms with van der Waals surface area (Å²) < 4.78 is 25.2. The molecule has 2 aliphatic heterocycles. The van der Waals surface area contributed by atoms with Gasteiger partial charge in [0.05, 0.1) is 19.3 Å². The number of hydrogen-bond donors (Lipinski definition) is 1. The highest BCUT2D eigenvalue weighted by Crippen LogP contribution is 2.35. The number of rotatable bonds is 5. The van der Waals surface area contributed by atoms with Gasteiger partial charge < -0.3 is 9.47 Å². The van der Waals surface area contributed by atoms with Crippen molar-refractivity contribution in [2.24, 2.45) is 5.92 Å². The Morgan fingerprint density at radius 1 is 1.15 bits per heavy atom. The summed E-state index contributed by atoms with van der Waals surface area (Å²) >= 11 is 0. The Kier molecular flexibility index (Phi) is 6.53. The van der Waals surface area contributed by atoms with E-state index in [0.29, 0.717) is 31.9 Å². The molecule has 1 atom stereocenters. The molecule has 7 heteroatoms. The number of amides is 1. The predicted molar refractivity (Wildman–Crippen MR) is 120 cm³/mol. The third-order valence-corrected chi connectivity index (χ3v) is 6.87. The number of fused-ring (bicyclic) bond motifs is 3. The van der Waals surface area contributed by atoms with Gasteiger partial charge in [-0.1, -0.05) is 18.2 Å². The SMILES string of the molecule is O=C1c2ncc3c(c2CCN1O)C(COC1CCOCC1)=CC(Cc1ccc(F)cc1)CC3. The topological polar surface area (TPSA) is 71.9 Å². The fourth-order valence-corrected chi connectivity index (χ4v) is 5.10. The van der Waals surface area contributed by atoms with E-state index in [-0.39, 0.29) is 24.4 Å². The molecule has 0 spiro atoms. The van der Waals surface area contributed by atoms with Gasteiger partial charge in [-0.05, 0) is 84.4 Å². The third-order valence-electron chi connectivity index (χ3n) is 6.87. The summed E-state index contributed by atoms with van der Waals surface area (Å²) in [5.74, 6) is -0.412. The minimum Gasteiger partial charge on any atom is -0.381 e. The Morgan fingerprint density at radius 2 is 1.94 bits per heavy atom. The number of carbonyl (C=O) groups is 1. The minimum atomic E-state index is -0.448. The van der Waals surface area contributed by atoms with Crippen LogP contribution < -0.4 is 0 Å². The maximum atomic E-state index is 13.4. The predicted octanol–water partition coefficient (Wildman–Crippen LogP) is 3.99. The second-order valence-corrected chi connectivity index (χ2v) is 9.11. The van der Waals surface area contributed by atoms with Gasteiger partial charge in [0.2, 0.25) is 0 Å². The molecule has 1 amide bonds. The van der Waals surface area contributed by atoms with Crippen molar-refractivity contribution in [2.75, 3.05) is 26.4 Å². The van der Waals surface area contributed by atoms with Crippen molar-refractivity contribution in [1.82, 2.24) is 10.0 Å². The maximum absolute atomic E-state index is 13.4. The smallest absolute Gasteiger partial charge is 0.296 e. The van der Waals surface area contributed by atoms with Crippen LogP contribution in [0, 0.1) is 11.7 Å². The van der Waals surface area contributed by atoms with Crippen LogP contribution in [-0.2, 0) is 28.7 Å². The Hall–Kier alpha value is -2.61. The van der Waals surface area contributed by atoms with Crippen molar-refractivity contribution < 1.29 is 23.9 Å². The molecule has 0 bridgehead atoms. The van der Waals surface area contributed by atoms with Crippen LogP contribution >= 0.6 is 0 Å². The van der Waals surface area contributed by atoms with E-state index in [2.05, 4.69) is 11.1 Å². The number of nitrogens with zero attached hydrogens (tertiary/aromatic N) is 2. The van der Waals surface area contributed by atoms with Gasteiger partial charge >= 0.3 is 0 Å². The highest BCUT2D eigenvalue weighted by atomic mass is 19.1. The van der Waals surface area contributed by atoms with Gasteiger partial charge in [0, 0.05) is 19.4 Å². The van der Waals surface area contributed by atoms with Crippen LogP contribution in [0.15, 0.2) is 36.5 Å². The molecule has 174 valence electrons.